The highest BCUT2D eigenvalue weighted by Gasteiger charge is 1.95. The van der Waals surface area contributed by atoms with E-state index in [4.69, 9.17) is 16.0 Å². The summed E-state index contributed by atoms with van der Waals surface area (Å²) in [4.78, 5) is 0. The van der Waals surface area contributed by atoms with Gasteiger partial charge in [0.15, 0.2) is 0 Å². The fraction of sp³-hybridized carbons (Fsp3) is 0.333. The number of alkyl halides is 1. The number of rotatable bonds is 2. The normalized spacial score (nSPS) is 14.1. The molecule has 0 aliphatic rings. The zero-order valence-electron chi connectivity index (χ0n) is 6.67. The van der Waals surface area contributed by atoms with E-state index in [1.54, 1.807) is 6.26 Å². The van der Waals surface area contributed by atoms with Crippen LogP contribution in [0.2, 0.25) is 0 Å². The lowest BCUT2D eigenvalue weighted by Gasteiger charge is -1.90. The molecule has 1 atom stereocenters. The fourth-order valence-corrected chi connectivity index (χ4v) is 0.848. The summed E-state index contributed by atoms with van der Waals surface area (Å²) in [5.74, 6) is 0.887. The Morgan fingerprint density at radius 2 is 2.36 bits per heavy atom. The van der Waals surface area contributed by atoms with E-state index in [1.165, 1.54) is 0 Å². The largest absolute Gasteiger partial charge is 0.465 e. The van der Waals surface area contributed by atoms with Gasteiger partial charge in [-0.1, -0.05) is 6.08 Å². The van der Waals surface area contributed by atoms with Crippen molar-refractivity contribution >= 4 is 17.7 Å². The van der Waals surface area contributed by atoms with Crippen LogP contribution in [0, 0.1) is 6.92 Å². The number of hydrogen-bond acceptors (Lipinski definition) is 1. The van der Waals surface area contributed by atoms with Gasteiger partial charge in [0.05, 0.1) is 6.26 Å². The summed E-state index contributed by atoms with van der Waals surface area (Å²) in [7, 11) is 0. The molecular weight excluding hydrogens is 160 g/mol. The molecule has 1 nitrogen and oxygen atoms in total. The van der Waals surface area contributed by atoms with E-state index in [-0.39, 0.29) is 5.38 Å². The molecular formula is C9H11ClO. The Bertz CT molecular complexity index is 248. The molecule has 0 aromatic carbocycles. The van der Waals surface area contributed by atoms with E-state index >= 15 is 0 Å². The molecule has 2 heteroatoms. The molecule has 0 saturated carbocycles. The van der Waals surface area contributed by atoms with Gasteiger partial charge in [-0.2, -0.15) is 0 Å². The molecule has 1 rings (SSSR count). The van der Waals surface area contributed by atoms with E-state index < -0.39 is 0 Å². The molecule has 1 heterocycles. The minimum atomic E-state index is 0.0551. The smallest absolute Gasteiger partial charge is 0.129 e. The predicted molar refractivity (Wildman–Crippen MR) is 47.8 cm³/mol. The molecule has 0 fully saturated rings. The van der Waals surface area contributed by atoms with Crippen molar-refractivity contribution in [3.8, 4) is 0 Å². The summed E-state index contributed by atoms with van der Waals surface area (Å²) >= 11 is 5.72. The maximum atomic E-state index is 5.72. The van der Waals surface area contributed by atoms with Gasteiger partial charge in [0.2, 0.25) is 0 Å². The highest BCUT2D eigenvalue weighted by molar-refractivity contribution is 6.21. The first-order valence-corrected chi connectivity index (χ1v) is 4.00. The minimum Gasteiger partial charge on any atom is -0.465 e. The summed E-state index contributed by atoms with van der Waals surface area (Å²) in [5, 5.41) is 0.0551. The second-order valence-electron chi connectivity index (χ2n) is 2.50. The summed E-state index contributed by atoms with van der Waals surface area (Å²) in [6.45, 7) is 3.92. The van der Waals surface area contributed by atoms with Crippen LogP contribution < -0.4 is 0 Å². The van der Waals surface area contributed by atoms with E-state index in [9.17, 15) is 0 Å². The van der Waals surface area contributed by atoms with Crippen LogP contribution in [0.25, 0.3) is 6.08 Å². The van der Waals surface area contributed by atoms with Crippen molar-refractivity contribution in [1.82, 2.24) is 0 Å². The minimum absolute atomic E-state index is 0.0551. The number of furan rings is 1. The quantitative estimate of drug-likeness (QED) is 0.622. The van der Waals surface area contributed by atoms with Gasteiger partial charge < -0.3 is 4.42 Å². The third-order valence-electron chi connectivity index (χ3n) is 1.41. The highest BCUT2D eigenvalue weighted by Crippen LogP contribution is 2.11. The van der Waals surface area contributed by atoms with E-state index in [1.807, 2.05) is 32.1 Å². The van der Waals surface area contributed by atoms with Gasteiger partial charge in [-0.05, 0) is 31.6 Å². The molecule has 1 aromatic rings. The number of allylic oxidation sites excluding steroid dienone is 1. The predicted octanol–water partition coefficient (Wildman–Crippen LogP) is 3.23. The van der Waals surface area contributed by atoms with E-state index in [0.717, 1.165) is 11.3 Å². The Morgan fingerprint density at radius 1 is 1.64 bits per heavy atom. The molecule has 11 heavy (non-hydrogen) atoms. The Labute approximate surface area is 71.7 Å². The van der Waals surface area contributed by atoms with Crippen LogP contribution in [-0.4, -0.2) is 5.38 Å². The molecule has 0 aliphatic heterocycles. The van der Waals surface area contributed by atoms with Crippen LogP contribution >= 0.6 is 11.6 Å². The van der Waals surface area contributed by atoms with Gasteiger partial charge in [-0.3, -0.25) is 0 Å². The Balaban J connectivity index is 2.71. The van der Waals surface area contributed by atoms with Crippen molar-refractivity contribution in [1.29, 1.82) is 0 Å². The molecule has 60 valence electrons. The molecule has 0 amide bonds. The Hall–Kier alpha value is -0.690. The maximum absolute atomic E-state index is 5.72. The standard InChI is InChI=1S/C9H11ClO/c1-7-5-6-11-9(7)4-3-8(2)10/h3-6,8H,1-2H3/b4-3+. The number of aryl methyl sites for hydroxylation is 1. The van der Waals surface area contributed by atoms with Crippen LogP contribution in [-0.2, 0) is 0 Å². The van der Waals surface area contributed by atoms with Crippen molar-refractivity contribution in [2.75, 3.05) is 0 Å². The van der Waals surface area contributed by atoms with Crippen LogP contribution in [0.3, 0.4) is 0 Å². The van der Waals surface area contributed by atoms with Crippen LogP contribution in [0.15, 0.2) is 22.8 Å². The second-order valence-corrected chi connectivity index (χ2v) is 3.19. The molecule has 1 aromatic heterocycles. The average molecular weight is 171 g/mol. The Morgan fingerprint density at radius 3 is 2.82 bits per heavy atom. The molecule has 1 unspecified atom stereocenters. The monoisotopic (exact) mass is 170 g/mol. The summed E-state index contributed by atoms with van der Waals surface area (Å²) in [5.41, 5.74) is 1.14. The van der Waals surface area contributed by atoms with Crippen molar-refractivity contribution < 1.29 is 4.42 Å². The van der Waals surface area contributed by atoms with E-state index in [0.29, 0.717) is 0 Å². The van der Waals surface area contributed by atoms with Gasteiger partial charge in [0.1, 0.15) is 5.76 Å². The van der Waals surface area contributed by atoms with Gasteiger partial charge in [-0.15, -0.1) is 11.6 Å². The van der Waals surface area contributed by atoms with Crippen LogP contribution in [0.4, 0.5) is 0 Å². The van der Waals surface area contributed by atoms with Gasteiger partial charge in [-0.25, -0.2) is 0 Å². The molecule has 0 radical (unpaired) electrons. The maximum Gasteiger partial charge on any atom is 0.129 e. The fourth-order valence-electron chi connectivity index (χ4n) is 0.775. The lowest BCUT2D eigenvalue weighted by atomic mass is 10.2. The van der Waals surface area contributed by atoms with Crippen LogP contribution in [0.5, 0.6) is 0 Å². The number of hydrogen-bond donors (Lipinski definition) is 0. The van der Waals surface area contributed by atoms with Crippen molar-refractivity contribution in [3.05, 3.63) is 29.7 Å². The first-order valence-electron chi connectivity index (χ1n) is 3.56. The third kappa shape index (κ3) is 2.43. The molecule has 0 aliphatic carbocycles. The molecule has 0 N–H and O–H groups in total. The Kier molecular flexibility index (Phi) is 2.77. The van der Waals surface area contributed by atoms with Gasteiger partial charge in [0.25, 0.3) is 0 Å². The van der Waals surface area contributed by atoms with Crippen molar-refractivity contribution in [2.45, 2.75) is 19.2 Å². The molecule has 0 spiro atoms. The lowest BCUT2D eigenvalue weighted by molar-refractivity contribution is 0.555. The molecule has 0 saturated heterocycles. The van der Waals surface area contributed by atoms with Crippen LogP contribution in [0.1, 0.15) is 18.2 Å². The highest BCUT2D eigenvalue weighted by atomic mass is 35.5. The van der Waals surface area contributed by atoms with Crippen molar-refractivity contribution in [2.24, 2.45) is 0 Å². The third-order valence-corrected chi connectivity index (χ3v) is 1.56. The lowest BCUT2D eigenvalue weighted by Crippen LogP contribution is -1.80. The summed E-state index contributed by atoms with van der Waals surface area (Å²) in [6, 6.07) is 1.93. The second kappa shape index (κ2) is 3.63. The zero-order chi connectivity index (χ0) is 8.27. The first-order chi connectivity index (χ1) is 5.20. The van der Waals surface area contributed by atoms with Crippen molar-refractivity contribution in [3.63, 3.8) is 0 Å². The molecule has 0 bridgehead atoms. The SMILES string of the molecule is Cc1ccoc1/C=C/C(C)Cl. The first kappa shape index (κ1) is 8.41. The topological polar surface area (TPSA) is 13.1 Å². The average Bonchev–Trinajstić information content (AvgIpc) is 2.31. The van der Waals surface area contributed by atoms with Gasteiger partial charge >= 0.3 is 0 Å². The summed E-state index contributed by atoms with van der Waals surface area (Å²) < 4.78 is 5.17. The van der Waals surface area contributed by atoms with E-state index in [2.05, 4.69) is 0 Å². The zero-order valence-corrected chi connectivity index (χ0v) is 7.43. The van der Waals surface area contributed by atoms with Gasteiger partial charge in [0, 0.05) is 5.38 Å². The summed E-state index contributed by atoms with van der Waals surface area (Å²) in [6.07, 6.45) is 5.47. The number of halogens is 1.